The number of aliphatic carboxylic acids is 1. The van der Waals surface area contributed by atoms with Crippen LogP contribution in [0.2, 0.25) is 0 Å². The number of carbonyl (C=O) groups is 1. The summed E-state index contributed by atoms with van der Waals surface area (Å²) in [7, 11) is 5.69. The zero-order valence-electron chi connectivity index (χ0n) is 21.4. The van der Waals surface area contributed by atoms with E-state index in [1.165, 1.54) is 6.07 Å². The lowest BCUT2D eigenvalue weighted by atomic mass is 9.52. The third kappa shape index (κ3) is 4.40. The molecule has 5 rings (SSSR count). The predicted octanol–water partition coefficient (Wildman–Crippen LogP) is 2.41. The number of benzene rings is 1. The summed E-state index contributed by atoms with van der Waals surface area (Å²) in [6.45, 7) is 4.31. The lowest BCUT2D eigenvalue weighted by Crippen LogP contribution is -2.37. The minimum absolute atomic E-state index is 0.153. The van der Waals surface area contributed by atoms with Crippen molar-refractivity contribution in [2.24, 2.45) is 5.92 Å². The van der Waals surface area contributed by atoms with Crippen molar-refractivity contribution in [3.8, 4) is 11.4 Å². The molecule has 7 nitrogen and oxygen atoms in total. The van der Waals surface area contributed by atoms with Crippen LogP contribution < -0.4 is 4.74 Å². The maximum absolute atomic E-state index is 14.7. The number of nitrogens with one attached hydrogen (secondary N) is 1. The van der Waals surface area contributed by atoms with Crippen molar-refractivity contribution >= 4 is 51.6 Å². The fourth-order valence-corrected chi connectivity index (χ4v) is 5.53. The first kappa shape index (κ1) is 24.5. The number of pyridine rings is 1. The van der Waals surface area contributed by atoms with Crippen LogP contribution in [-0.4, -0.2) is 59.7 Å². The van der Waals surface area contributed by atoms with Gasteiger partial charge in [0.25, 0.3) is 0 Å². The molecule has 0 amide bonds. The zero-order chi connectivity index (χ0) is 25.8. The number of carboxylic acids is 1. The van der Waals surface area contributed by atoms with Gasteiger partial charge < -0.3 is 14.4 Å². The highest BCUT2D eigenvalue weighted by molar-refractivity contribution is 6.58. The highest BCUT2D eigenvalue weighted by Gasteiger charge is 2.33. The average Bonchev–Trinajstić information content (AvgIpc) is 3.40. The monoisotopic (exact) mass is 486 g/mol. The van der Waals surface area contributed by atoms with Gasteiger partial charge in [0, 0.05) is 33.7 Å². The molecule has 4 aromatic rings. The van der Waals surface area contributed by atoms with Gasteiger partial charge >= 0.3 is 5.97 Å². The lowest BCUT2D eigenvalue weighted by molar-refractivity contribution is -0.142. The Balaban J connectivity index is 1.75. The molecule has 184 valence electrons. The molecule has 1 aliphatic carbocycles. The molecular formula is C25H30B3FN4O3. The number of halogens is 1. The number of aromatic nitrogens is 4. The summed E-state index contributed by atoms with van der Waals surface area (Å²) in [6.07, 6.45) is 4.64. The smallest absolute Gasteiger partial charge is 0.306 e. The molecule has 0 atom stereocenters. The van der Waals surface area contributed by atoms with Gasteiger partial charge in [-0.1, -0.05) is 13.8 Å². The van der Waals surface area contributed by atoms with Crippen molar-refractivity contribution in [1.29, 1.82) is 0 Å². The standard InChI is InChI=1S/C25H30B3FN4O3/c1-12(2)22-20(13-3-5-14(6-4-13)24(34)35)21-18(9-15-11-30-32-23(15)31-21)33(22)16-7-8-17(29)19(10-16)36-25(26,27)28/h7-14H,3-6,26-28H2,1-2H3,(H,34,35)(H,30,31,32)/t13-,14-. The lowest BCUT2D eigenvalue weighted by Gasteiger charge is -2.28. The molecule has 2 N–H and O–H groups in total. The fourth-order valence-electron chi connectivity index (χ4n) is 5.53. The molecule has 0 radical (unpaired) electrons. The Kier molecular flexibility index (Phi) is 6.13. The molecule has 0 unspecified atom stereocenters. The summed E-state index contributed by atoms with van der Waals surface area (Å²) in [4.78, 5) is 16.6. The van der Waals surface area contributed by atoms with Crippen LogP contribution in [0.25, 0.3) is 27.8 Å². The van der Waals surface area contributed by atoms with Crippen LogP contribution in [-0.2, 0) is 4.79 Å². The van der Waals surface area contributed by atoms with Crippen molar-refractivity contribution < 1.29 is 19.0 Å². The molecule has 3 heterocycles. The van der Waals surface area contributed by atoms with E-state index < -0.39 is 17.1 Å². The first-order valence-electron chi connectivity index (χ1n) is 12.6. The van der Waals surface area contributed by atoms with Crippen LogP contribution in [0, 0.1) is 11.7 Å². The quantitative estimate of drug-likeness (QED) is 0.409. The van der Waals surface area contributed by atoms with Crippen molar-refractivity contribution in [1.82, 2.24) is 19.7 Å². The van der Waals surface area contributed by atoms with Crippen LogP contribution >= 0.6 is 0 Å². The van der Waals surface area contributed by atoms with E-state index >= 15 is 0 Å². The minimum Gasteiger partial charge on any atom is -0.511 e. The Labute approximate surface area is 212 Å². The van der Waals surface area contributed by atoms with E-state index in [9.17, 15) is 14.3 Å². The first-order chi connectivity index (χ1) is 17.0. The van der Waals surface area contributed by atoms with E-state index in [0.717, 1.165) is 46.2 Å². The summed E-state index contributed by atoms with van der Waals surface area (Å²) < 4.78 is 22.9. The SMILES string of the molecule is BC(B)(B)Oc1cc(-n2c(C(C)C)c([C@H]3CC[C@H](C(=O)O)CC3)c3nc4[nH]ncc4cc32)ccc1F. The fraction of sp³-hybridized carbons (Fsp3) is 0.400. The molecule has 0 bridgehead atoms. The van der Waals surface area contributed by atoms with E-state index in [4.69, 9.17) is 9.72 Å². The summed E-state index contributed by atoms with van der Waals surface area (Å²) in [5.74, 6) is -0.856. The molecule has 11 heteroatoms. The highest BCUT2D eigenvalue weighted by Crippen LogP contribution is 2.45. The second-order valence-corrected chi connectivity index (χ2v) is 11.2. The molecule has 36 heavy (non-hydrogen) atoms. The highest BCUT2D eigenvalue weighted by atomic mass is 19.1. The van der Waals surface area contributed by atoms with Crippen LogP contribution in [0.3, 0.4) is 0 Å². The van der Waals surface area contributed by atoms with Gasteiger partial charge in [-0.2, -0.15) is 5.10 Å². The van der Waals surface area contributed by atoms with Gasteiger partial charge in [0.05, 0.1) is 23.1 Å². The molecule has 1 aliphatic rings. The largest absolute Gasteiger partial charge is 0.511 e. The Morgan fingerprint density at radius 2 is 1.94 bits per heavy atom. The number of carboxylic acid groups (broad SMARTS) is 1. The molecule has 0 aliphatic heterocycles. The van der Waals surface area contributed by atoms with E-state index in [2.05, 4.69) is 34.7 Å². The molecule has 1 saturated carbocycles. The van der Waals surface area contributed by atoms with Crippen molar-refractivity contribution in [3.63, 3.8) is 0 Å². The van der Waals surface area contributed by atoms with Crippen LogP contribution in [0.5, 0.6) is 5.75 Å². The Bertz CT molecular complexity index is 1450. The molecule has 0 saturated heterocycles. The number of fused-ring (bicyclic) bond motifs is 2. The molecule has 1 aromatic carbocycles. The van der Waals surface area contributed by atoms with Gasteiger partial charge in [-0.05, 0) is 55.7 Å². The van der Waals surface area contributed by atoms with Gasteiger partial charge in [0.15, 0.2) is 17.2 Å². The summed E-state index contributed by atoms with van der Waals surface area (Å²) in [5.41, 5.74) is 5.60. The third-order valence-electron chi connectivity index (χ3n) is 7.04. The molecule has 1 fully saturated rings. The number of nitrogens with zero attached hydrogens (tertiary/aromatic N) is 3. The molecular weight excluding hydrogens is 456 g/mol. The van der Waals surface area contributed by atoms with E-state index in [1.54, 1.807) is 18.3 Å². The first-order valence-corrected chi connectivity index (χ1v) is 12.6. The second-order valence-electron chi connectivity index (χ2n) is 11.2. The topological polar surface area (TPSA) is 93.0 Å². The number of hydrogen-bond acceptors (Lipinski definition) is 4. The number of aromatic amines is 1. The average molecular weight is 486 g/mol. The normalized spacial score (nSPS) is 18.8. The second kappa shape index (κ2) is 9.02. The van der Waals surface area contributed by atoms with Crippen LogP contribution in [0.4, 0.5) is 4.39 Å². The Hall–Kier alpha value is -3.23. The summed E-state index contributed by atoms with van der Waals surface area (Å²) >= 11 is 0. The maximum atomic E-state index is 14.7. The van der Waals surface area contributed by atoms with E-state index in [-0.39, 0.29) is 23.5 Å². The third-order valence-corrected chi connectivity index (χ3v) is 7.04. The van der Waals surface area contributed by atoms with Gasteiger partial charge in [-0.15, -0.1) is 0 Å². The van der Waals surface area contributed by atoms with Gasteiger partial charge in [-0.3, -0.25) is 9.89 Å². The number of H-pyrrole nitrogens is 1. The van der Waals surface area contributed by atoms with Crippen molar-refractivity contribution in [2.75, 3.05) is 0 Å². The van der Waals surface area contributed by atoms with Crippen LogP contribution in [0.15, 0.2) is 30.5 Å². The number of rotatable bonds is 6. The molecule has 0 spiro atoms. The Morgan fingerprint density at radius 3 is 2.58 bits per heavy atom. The Morgan fingerprint density at radius 1 is 1.22 bits per heavy atom. The number of ether oxygens (including phenoxy) is 1. The van der Waals surface area contributed by atoms with Gasteiger partial charge in [-0.25, -0.2) is 9.37 Å². The maximum Gasteiger partial charge on any atom is 0.306 e. The van der Waals surface area contributed by atoms with Crippen molar-refractivity contribution in [3.05, 3.63) is 47.5 Å². The summed E-state index contributed by atoms with van der Waals surface area (Å²) in [5, 5.41) is 17.0. The number of hydrogen-bond donors (Lipinski definition) is 2. The molecule has 3 aromatic heterocycles. The van der Waals surface area contributed by atoms with E-state index in [1.807, 2.05) is 23.5 Å². The van der Waals surface area contributed by atoms with E-state index in [0.29, 0.717) is 18.5 Å². The van der Waals surface area contributed by atoms with Gasteiger partial charge in [0.2, 0.25) is 0 Å². The zero-order valence-corrected chi connectivity index (χ0v) is 21.4. The van der Waals surface area contributed by atoms with Crippen LogP contribution in [0.1, 0.15) is 62.6 Å². The predicted molar refractivity (Wildman–Crippen MR) is 146 cm³/mol. The summed E-state index contributed by atoms with van der Waals surface area (Å²) in [6, 6.07) is 7.07. The van der Waals surface area contributed by atoms with Gasteiger partial charge in [0.1, 0.15) is 23.5 Å². The minimum atomic E-state index is -0.713. The van der Waals surface area contributed by atoms with Crippen molar-refractivity contribution in [2.45, 2.75) is 56.7 Å².